The zero-order chi connectivity index (χ0) is 17.0. The van der Waals surface area contributed by atoms with Crippen LogP contribution in [0.3, 0.4) is 0 Å². The quantitative estimate of drug-likeness (QED) is 0.798. The lowest BCUT2D eigenvalue weighted by Crippen LogP contribution is -2.35. The number of rotatable bonds is 5. The van der Waals surface area contributed by atoms with Crippen molar-refractivity contribution in [1.82, 2.24) is 5.32 Å². The molecule has 1 aliphatic rings. The molecule has 0 aromatic heterocycles. The highest BCUT2D eigenvalue weighted by molar-refractivity contribution is 5.29. The molecule has 1 unspecified atom stereocenters. The van der Waals surface area contributed by atoms with Crippen LogP contribution in [0.2, 0.25) is 0 Å². The first-order valence-corrected chi connectivity index (χ1v) is 9.30. The van der Waals surface area contributed by atoms with Gasteiger partial charge in [0.05, 0.1) is 0 Å². The Morgan fingerprint density at radius 1 is 0.958 bits per heavy atom. The van der Waals surface area contributed by atoms with Gasteiger partial charge in [0.15, 0.2) is 0 Å². The molecule has 0 aliphatic carbocycles. The number of hydrogen-bond acceptors (Lipinski definition) is 2. The van der Waals surface area contributed by atoms with Crippen molar-refractivity contribution in [3.8, 4) is 5.75 Å². The Balaban J connectivity index is 0.000000647. The van der Waals surface area contributed by atoms with E-state index in [2.05, 4.69) is 49.5 Å². The summed E-state index contributed by atoms with van der Waals surface area (Å²) < 4.78 is 5.90. The van der Waals surface area contributed by atoms with Crippen molar-refractivity contribution in [2.24, 2.45) is 0 Å². The average Bonchev–Trinajstić information content (AvgIpc) is 2.63. The molecule has 130 valence electrons. The van der Waals surface area contributed by atoms with Crippen LogP contribution in [0, 0.1) is 0 Å². The second-order valence-electron chi connectivity index (χ2n) is 6.48. The molecule has 1 saturated heterocycles. The fourth-order valence-corrected chi connectivity index (χ4v) is 2.89. The normalized spacial score (nSPS) is 16.8. The highest BCUT2D eigenvalue weighted by Crippen LogP contribution is 2.18. The van der Waals surface area contributed by atoms with Crippen LogP contribution in [0.5, 0.6) is 5.75 Å². The smallest absolute Gasteiger partial charge is 0.120 e. The van der Waals surface area contributed by atoms with E-state index in [1.165, 1.54) is 36.8 Å². The molecule has 1 N–H and O–H groups in total. The molecular weight excluding hydrogens is 294 g/mol. The summed E-state index contributed by atoms with van der Waals surface area (Å²) in [4.78, 5) is 0. The molecule has 1 aliphatic heterocycles. The van der Waals surface area contributed by atoms with E-state index in [4.69, 9.17) is 4.74 Å². The van der Waals surface area contributed by atoms with Crippen LogP contribution < -0.4 is 10.1 Å². The lowest BCUT2D eigenvalue weighted by Gasteiger charge is -2.23. The number of benzene rings is 2. The molecule has 2 nitrogen and oxygen atoms in total. The third kappa shape index (κ3) is 6.76. The molecule has 2 aromatic carbocycles. The standard InChI is InChI=1S/C19H23NO.C3H8/c1-2-7-16(8-3-1)15-21-19-11-6-9-17(14-19)13-18-10-4-5-12-20-18;1-3-2/h1-3,6-9,11,14,18,20H,4-5,10,12-13,15H2;3H2,1-2H3. The Kier molecular flexibility index (Phi) is 8.40. The molecule has 0 radical (unpaired) electrons. The molecule has 1 atom stereocenters. The molecule has 2 aromatic rings. The minimum absolute atomic E-state index is 0.628. The van der Waals surface area contributed by atoms with Crippen LogP contribution >= 0.6 is 0 Å². The summed E-state index contributed by atoms with van der Waals surface area (Å²) in [5, 5.41) is 3.60. The topological polar surface area (TPSA) is 21.3 Å². The summed E-state index contributed by atoms with van der Waals surface area (Å²) in [5.74, 6) is 0.965. The van der Waals surface area contributed by atoms with Gasteiger partial charge < -0.3 is 10.1 Å². The number of nitrogens with one attached hydrogen (secondary N) is 1. The first-order chi connectivity index (χ1) is 11.8. The van der Waals surface area contributed by atoms with E-state index >= 15 is 0 Å². The second kappa shape index (κ2) is 10.9. The van der Waals surface area contributed by atoms with E-state index in [-0.39, 0.29) is 0 Å². The molecule has 0 bridgehead atoms. The van der Waals surface area contributed by atoms with Gasteiger partial charge in [0.25, 0.3) is 0 Å². The van der Waals surface area contributed by atoms with E-state index in [1.54, 1.807) is 0 Å². The van der Waals surface area contributed by atoms with Crippen molar-refractivity contribution in [3.05, 3.63) is 65.7 Å². The first-order valence-electron chi connectivity index (χ1n) is 9.30. The molecule has 2 heteroatoms. The third-order valence-corrected chi connectivity index (χ3v) is 4.04. The van der Waals surface area contributed by atoms with E-state index in [1.807, 2.05) is 24.3 Å². The fourth-order valence-electron chi connectivity index (χ4n) is 2.89. The van der Waals surface area contributed by atoms with Gasteiger partial charge in [0.2, 0.25) is 0 Å². The van der Waals surface area contributed by atoms with Crippen molar-refractivity contribution in [1.29, 1.82) is 0 Å². The lowest BCUT2D eigenvalue weighted by atomic mass is 9.98. The van der Waals surface area contributed by atoms with Crippen molar-refractivity contribution >= 4 is 0 Å². The molecule has 0 spiro atoms. The summed E-state index contributed by atoms with van der Waals surface area (Å²) in [5.41, 5.74) is 2.57. The summed E-state index contributed by atoms with van der Waals surface area (Å²) in [7, 11) is 0. The lowest BCUT2D eigenvalue weighted by molar-refractivity contribution is 0.305. The highest BCUT2D eigenvalue weighted by Gasteiger charge is 2.13. The van der Waals surface area contributed by atoms with Gasteiger partial charge in [0.1, 0.15) is 12.4 Å². The average molecular weight is 325 g/mol. The SMILES string of the molecule is CCC.c1ccc(COc2cccc(CC3CCCCN3)c2)cc1. The van der Waals surface area contributed by atoms with Gasteiger partial charge in [-0.1, -0.05) is 69.2 Å². The van der Waals surface area contributed by atoms with E-state index < -0.39 is 0 Å². The van der Waals surface area contributed by atoms with E-state index in [0.29, 0.717) is 12.6 Å². The van der Waals surface area contributed by atoms with Gasteiger partial charge in [0, 0.05) is 6.04 Å². The Labute approximate surface area is 147 Å². The predicted octanol–water partition coefficient (Wildman–Crippen LogP) is 5.37. The Hall–Kier alpha value is -1.80. The monoisotopic (exact) mass is 325 g/mol. The molecule has 3 rings (SSSR count). The number of hydrogen-bond donors (Lipinski definition) is 1. The van der Waals surface area contributed by atoms with E-state index in [0.717, 1.165) is 18.7 Å². The number of ether oxygens (including phenoxy) is 1. The van der Waals surface area contributed by atoms with Crippen molar-refractivity contribution in [2.45, 2.75) is 58.6 Å². The van der Waals surface area contributed by atoms with Crippen LogP contribution in [-0.2, 0) is 13.0 Å². The zero-order valence-electron chi connectivity index (χ0n) is 15.1. The molecule has 24 heavy (non-hydrogen) atoms. The van der Waals surface area contributed by atoms with Gasteiger partial charge in [-0.3, -0.25) is 0 Å². The molecular formula is C22H31NO. The zero-order valence-corrected chi connectivity index (χ0v) is 15.1. The Morgan fingerprint density at radius 2 is 1.71 bits per heavy atom. The Bertz CT molecular complexity index is 561. The maximum absolute atomic E-state index is 5.90. The van der Waals surface area contributed by atoms with Gasteiger partial charge in [-0.05, 0) is 49.1 Å². The minimum atomic E-state index is 0.628. The molecule has 1 heterocycles. The largest absolute Gasteiger partial charge is 0.489 e. The minimum Gasteiger partial charge on any atom is -0.489 e. The summed E-state index contributed by atoms with van der Waals surface area (Å²) in [6.07, 6.45) is 6.30. The fraction of sp³-hybridized carbons (Fsp3) is 0.455. The van der Waals surface area contributed by atoms with Crippen LogP contribution in [0.1, 0.15) is 50.7 Å². The Morgan fingerprint density at radius 3 is 2.42 bits per heavy atom. The van der Waals surface area contributed by atoms with E-state index in [9.17, 15) is 0 Å². The van der Waals surface area contributed by atoms with Crippen LogP contribution in [0.4, 0.5) is 0 Å². The second-order valence-corrected chi connectivity index (χ2v) is 6.48. The third-order valence-electron chi connectivity index (χ3n) is 4.04. The first kappa shape index (κ1) is 18.5. The van der Waals surface area contributed by atoms with Gasteiger partial charge in [-0.2, -0.15) is 0 Å². The maximum Gasteiger partial charge on any atom is 0.120 e. The van der Waals surface area contributed by atoms with Gasteiger partial charge in [-0.25, -0.2) is 0 Å². The van der Waals surface area contributed by atoms with Crippen molar-refractivity contribution in [2.75, 3.05) is 6.54 Å². The molecule has 0 amide bonds. The van der Waals surface area contributed by atoms with Crippen LogP contribution in [0.25, 0.3) is 0 Å². The van der Waals surface area contributed by atoms with Crippen LogP contribution in [-0.4, -0.2) is 12.6 Å². The van der Waals surface area contributed by atoms with Gasteiger partial charge in [-0.15, -0.1) is 0 Å². The van der Waals surface area contributed by atoms with Crippen molar-refractivity contribution < 1.29 is 4.74 Å². The summed E-state index contributed by atoms with van der Waals surface area (Å²) in [6.45, 7) is 6.04. The number of piperidine rings is 1. The summed E-state index contributed by atoms with van der Waals surface area (Å²) >= 11 is 0. The maximum atomic E-state index is 5.90. The molecule has 0 saturated carbocycles. The predicted molar refractivity (Wildman–Crippen MR) is 103 cm³/mol. The summed E-state index contributed by atoms with van der Waals surface area (Å²) in [6, 6.07) is 19.5. The molecule has 1 fully saturated rings. The highest BCUT2D eigenvalue weighted by atomic mass is 16.5. The van der Waals surface area contributed by atoms with Gasteiger partial charge >= 0.3 is 0 Å². The van der Waals surface area contributed by atoms with Crippen LogP contribution in [0.15, 0.2) is 54.6 Å². The van der Waals surface area contributed by atoms with Crippen molar-refractivity contribution in [3.63, 3.8) is 0 Å².